The summed E-state index contributed by atoms with van der Waals surface area (Å²) in [6, 6.07) is 4.60. The number of methoxy groups -OCH3 is 1. The van der Waals surface area contributed by atoms with Crippen molar-refractivity contribution in [3.8, 4) is 11.3 Å². The predicted molar refractivity (Wildman–Crippen MR) is 83.6 cm³/mol. The molecule has 0 atom stereocenters. The van der Waals surface area contributed by atoms with Crippen LogP contribution in [0.1, 0.15) is 16.2 Å². The first-order chi connectivity index (χ1) is 12.4. The topological polar surface area (TPSA) is 90.1 Å². The predicted octanol–water partition coefficient (Wildman–Crippen LogP) is 3.68. The number of carbonyl (C=O) groups is 1. The number of esters is 1. The molecule has 0 bridgehead atoms. The molecular weight excluding hydrogens is 353 g/mol. The van der Waals surface area contributed by atoms with Crippen molar-refractivity contribution in [1.29, 1.82) is 0 Å². The standard InChI is InChI=1S/C16H11F3N4O3/c1-25-14(24)13-20-6-11(7-21-13)23-15-22-8-12(26-15)9-2-4-10(5-3-9)16(17,18)19/h2-8H,1H3,(H,22,23). The van der Waals surface area contributed by atoms with Gasteiger partial charge in [-0.05, 0) is 12.1 Å². The Morgan fingerprint density at radius 3 is 2.31 bits per heavy atom. The Balaban J connectivity index is 1.73. The molecule has 7 nitrogen and oxygen atoms in total. The van der Waals surface area contributed by atoms with Crippen molar-refractivity contribution in [2.24, 2.45) is 0 Å². The minimum absolute atomic E-state index is 0.0920. The van der Waals surface area contributed by atoms with Crippen molar-refractivity contribution in [1.82, 2.24) is 15.0 Å². The molecule has 1 N–H and O–H groups in total. The SMILES string of the molecule is COC(=O)c1ncc(Nc2ncc(-c3ccc(C(F)(F)F)cc3)o2)cn1. The fourth-order valence-corrected chi connectivity index (χ4v) is 2.00. The zero-order chi connectivity index (χ0) is 18.7. The molecule has 10 heteroatoms. The van der Waals surface area contributed by atoms with Crippen LogP contribution in [0, 0.1) is 0 Å². The van der Waals surface area contributed by atoms with Gasteiger partial charge in [0.2, 0.25) is 5.82 Å². The highest BCUT2D eigenvalue weighted by atomic mass is 19.4. The van der Waals surface area contributed by atoms with Gasteiger partial charge in [-0.1, -0.05) is 12.1 Å². The number of carbonyl (C=O) groups excluding carboxylic acids is 1. The molecule has 0 aliphatic heterocycles. The van der Waals surface area contributed by atoms with Gasteiger partial charge in [0.25, 0.3) is 6.01 Å². The highest BCUT2D eigenvalue weighted by Crippen LogP contribution is 2.31. The van der Waals surface area contributed by atoms with Crippen molar-refractivity contribution in [2.75, 3.05) is 12.4 Å². The first-order valence-corrected chi connectivity index (χ1v) is 7.17. The van der Waals surface area contributed by atoms with E-state index in [-0.39, 0.29) is 17.6 Å². The monoisotopic (exact) mass is 364 g/mol. The second-order valence-electron chi connectivity index (χ2n) is 5.02. The lowest BCUT2D eigenvalue weighted by molar-refractivity contribution is -0.137. The highest BCUT2D eigenvalue weighted by molar-refractivity contribution is 5.85. The van der Waals surface area contributed by atoms with Gasteiger partial charge in [-0.3, -0.25) is 0 Å². The molecule has 0 aliphatic rings. The number of nitrogens with one attached hydrogen (secondary N) is 1. The molecule has 2 aromatic heterocycles. The number of anilines is 2. The lowest BCUT2D eigenvalue weighted by atomic mass is 10.1. The number of rotatable bonds is 4. The highest BCUT2D eigenvalue weighted by Gasteiger charge is 2.30. The van der Waals surface area contributed by atoms with Crippen LogP contribution in [-0.2, 0) is 10.9 Å². The van der Waals surface area contributed by atoms with Crippen molar-refractivity contribution in [3.05, 3.63) is 54.2 Å². The van der Waals surface area contributed by atoms with Crippen LogP contribution in [-0.4, -0.2) is 28.0 Å². The molecule has 3 aromatic rings. The molecule has 2 heterocycles. The van der Waals surface area contributed by atoms with E-state index >= 15 is 0 Å². The zero-order valence-corrected chi connectivity index (χ0v) is 13.2. The van der Waals surface area contributed by atoms with Gasteiger partial charge in [-0.25, -0.2) is 19.7 Å². The molecular formula is C16H11F3N4O3. The summed E-state index contributed by atoms with van der Waals surface area (Å²) in [6.07, 6.45) is -0.361. The molecule has 134 valence electrons. The van der Waals surface area contributed by atoms with E-state index in [1.165, 1.54) is 37.8 Å². The summed E-state index contributed by atoms with van der Waals surface area (Å²) in [5.41, 5.74) is 0.0938. The van der Waals surface area contributed by atoms with Crippen LogP contribution in [0.25, 0.3) is 11.3 Å². The summed E-state index contributed by atoms with van der Waals surface area (Å²) < 4.78 is 47.7. The molecule has 0 saturated carbocycles. The summed E-state index contributed by atoms with van der Waals surface area (Å²) in [7, 11) is 1.22. The second-order valence-corrected chi connectivity index (χ2v) is 5.02. The molecule has 0 fully saturated rings. The Labute approximate surface area is 144 Å². The van der Waals surface area contributed by atoms with Gasteiger partial charge in [-0.2, -0.15) is 13.2 Å². The van der Waals surface area contributed by atoms with Gasteiger partial charge >= 0.3 is 12.1 Å². The molecule has 0 spiro atoms. The molecule has 0 unspecified atom stereocenters. The Bertz CT molecular complexity index is 906. The first kappa shape index (κ1) is 17.4. The van der Waals surface area contributed by atoms with Gasteiger partial charge < -0.3 is 14.5 Å². The maximum absolute atomic E-state index is 12.6. The van der Waals surface area contributed by atoms with E-state index in [9.17, 15) is 18.0 Å². The van der Waals surface area contributed by atoms with Crippen LogP contribution in [0.4, 0.5) is 24.9 Å². The molecule has 0 amide bonds. The van der Waals surface area contributed by atoms with Crippen LogP contribution >= 0.6 is 0 Å². The number of ether oxygens (including phenoxy) is 1. The largest absolute Gasteiger partial charge is 0.463 e. The van der Waals surface area contributed by atoms with Crippen molar-refractivity contribution in [2.45, 2.75) is 6.18 Å². The quantitative estimate of drug-likeness (QED) is 0.706. The maximum Gasteiger partial charge on any atom is 0.416 e. The molecule has 1 aromatic carbocycles. The second kappa shape index (κ2) is 6.82. The van der Waals surface area contributed by atoms with Crippen LogP contribution < -0.4 is 5.32 Å². The van der Waals surface area contributed by atoms with E-state index < -0.39 is 17.7 Å². The summed E-state index contributed by atoms with van der Waals surface area (Å²) >= 11 is 0. The molecule has 0 radical (unpaired) electrons. The van der Waals surface area contributed by atoms with Crippen molar-refractivity contribution < 1.29 is 27.1 Å². The number of hydrogen-bond donors (Lipinski definition) is 1. The normalized spacial score (nSPS) is 11.2. The van der Waals surface area contributed by atoms with Gasteiger partial charge in [0.05, 0.1) is 37.0 Å². The number of halogens is 3. The molecule has 3 rings (SSSR count). The summed E-state index contributed by atoms with van der Waals surface area (Å²) in [4.78, 5) is 22.9. The Morgan fingerprint density at radius 2 is 1.73 bits per heavy atom. The number of nitrogens with zero attached hydrogens (tertiary/aromatic N) is 3. The van der Waals surface area contributed by atoms with Crippen LogP contribution in [0.2, 0.25) is 0 Å². The number of hydrogen-bond acceptors (Lipinski definition) is 7. The molecule has 0 aliphatic carbocycles. The smallest absolute Gasteiger partial charge is 0.416 e. The fraction of sp³-hybridized carbons (Fsp3) is 0.125. The average Bonchev–Trinajstić information content (AvgIpc) is 3.09. The lowest BCUT2D eigenvalue weighted by Crippen LogP contribution is -2.07. The first-order valence-electron chi connectivity index (χ1n) is 7.17. The number of aromatic nitrogens is 3. The number of oxazole rings is 1. The summed E-state index contributed by atoms with van der Waals surface area (Å²) in [6.45, 7) is 0. The van der Waals surface area contributed by atoms with Gasteiger partial charge in [-0.15, -0.1) is 0 Å². The van der Waals surface area contributed by atoms with E-state index in [0.29, 0.717) is 11.3 Å². The third kappa shape index (κ3) is 3.79. The minimum atomic E-state index is -4.40. The number of alkyl halides is 3. The van der Waals surface area contributed by atoms with Crippen LogP contribution in [0.3, 0.4) is 0 Å². The van der Waals surface area contributed by atoms with Gasteiger partial charge in [0, 0.05) is 5.56 Å². The van der Waals surface area contributed by atoms with Crippen molar-refractivity contribution >= 4 is 17.7 Å². The average molecular weight is 364 g/mol. The fourth-order valence-electron chi connectivity index (χ4n) is 2.00. The van der Waals surface area contributed by atoms with Crippen LogP contribution in [0.15, 0.2) is 47.3 Å². The van der Waals surface area contributed by atoms with Gasteiger partial charge in [0.15, 0.2) is 5.76 Å². The maximum atomic E-state index is 12.6. The molecule has 26 heavy (non-hydrogen) atoms. The third-order valence-electron chi connectivity index (χ3n) is 3.27. The zero-order valence-electron chi connectivity index (χ0n) is 13.2. The van der Waals surface area contributed by atoms with E-state index in [4.69, 9.17) is 4.42 Å². The van der Waals surface area contributed by atoms with E-state index in [0.717, 1.165) is 12.1 Å². The number of benzene rings is 1. The van der Waals surface area contributed by atoms with Gasteiger partial charge in [0.1, 0.15) is 0 Å². The van der Waals surface area contributed by atoms with Crippen molar-refractivity contribution in [3.63, 3.8) is 0 Å². The Morgan fingerprint density at radius 1 is 1.08 bits per heavy atom. The Kier molecular flexibility index (Phi) is 4.57. The summed E-state index contributed by atoms with van der Waals surface area (Å²) in [5, 5.41) is 2.78. The lowest BCUT2D eigenvalue weighted by Gasteiger charge is -2.06. The van der Waals surface area contributed by atoms with E-state index in [2.05, 4.69) is 25.0 Å². The van der Waals surface area contributed by atoms with E-state index in [1.54, 1.807) is 0 Å². The third-order valence-corrected chi connectivity index (χ3v) is 3.27. The molecule has 0 saturated heterocycles. The van der Waals surface area contributed by atoms with E-state index in [1.807, 2.05) is 0 Å². The van der Waals surface area contributed by atoms with Crippen LogP contribution in [0.5, 0.6) is 0 Å². The minimum Gasteiger partial charge on any atom is -0.463 e. The Hall–Kier alpha value is -3.43. The summed E-state index contributed by atoms with van der Waals surface area (Å²) in [5.74, 6) is -0.485.